The molecule has 0 aliphatic carbocycles. The van der Waals surface area contributed by atoms with E-state index in [9.17, 15) is 9.90 Å². The number of aliphatic hydroxyl groups excluding tert-OH is 1. The number of nitrogens with zero attached hydrogens (tertiary/aromatic N) is 2. The number of para-hydroxylation sites is 1. The summed E-state index contributed by atoms with van der Waals surface area (Å²) in [4.78, 5) is 17.2. The van der Waals surface area contributed by atoms with Crippen molar-refractivity contribution in [3.8, 4) is 11.4 Å². The van der Waals surface area contributed by atoms with Crippen LogP contribution in [0.4, 0.5) is 0 Å². The number of amides is 1. The first kappa shape index (κ1) is 20.6. The van der Waals surface area contributed by atoms with Crippen molar-refractivity contribution in [3.05, 3.63) is 89.7 Å². The summed E-state index contributed by atoms with van der Waals surface area (Å²) >= 11 is 0. The summed E-state index contributed by atoms with van der Waals surface area (Å²) < 4.78 is 7.65. The summed E-state index contributed by atoms with van der Waals surface area (Å²) in [6.07, 6.45) is -0.812. The molecule has 4 rings (SSSR count). The fourth-order valence-corrected chi connectivity index (χ4v) is 3.51. The zero-order chi connectivity index (χ0) is 21.8. The van der Waals surface area contributed by atoms with Gasteiger partial charge in [-0.2, -0.15) is 0 Å². The lowest BCUT2D eigenvalue weighted by molar-refractivity contribution is 0.0844. The minimum absolute atomic E-state index is 0.0974. The Bertz CT molecular complexity index is 1200. The SMILES string of the molecule is Cc1cccc(OCC(O)CNC(=O)c2ccc3c(c2)nc(C)n3-c2ccccc2)c1. The molecule has 0 spiro atoms. The van der Waals surface area contributed by atoms with Crippen molar-refractivity contribution < 1.29 is 14.6 Å². The third kappa shape index (κ3) is 4.75. The molecule has 0 bridgehead atoms. The topological polar surface area (TPSA) is 76.4 Å². The number of carbonyl (C=O) groups is 1. The highest BCUT2D eigenvalue weighted by Gasteiger charge is 2.14. The smallest absolute Gasteiger partial charge is 0.251 e. The van der Waals surface area contributed by atoms with Crippen LogP contribution >= 0.6 is 0 Å². The number of hydrogen-bond acceptors (Lipinski definition) is 4. The van der Waals surface area contributed by atoms with Crippen LogP contribution in [0.3, 0.4) is 0 Å². The van der Waals surface area contributed by atoms with E-state index in [0.29, 0.717) is 11.3 Å². The van der Waals surface area contributed by atoms with E-state index >= 15 is 0 Å². The number of ether oxygens (including phenoxy) is 1. The molecule has 1 unspecified atom stereocenters. The number of benzene rings is 3. The lowest BCUT2D eigenvalue weighted by Gasteiger charge is -2.13. The lowest BCUT2D eigenvalue weighted by atomic mass is 10.2. The van der Waals surface area contributed by atoms with Gasteiger partial charge in [-0.25, -0.2) is 4.98 Å². The van der Waals surface area contributed by atoms with Crippen LogP contribution < -0.4 is 10.1 Å². The maximum atomic E-state index is 12.6. The van der Waals surface area contributed by atoms with E-state index in [0.717, 1.165) is 28.1 Å². The van der Waals surface area contributed by atoms with Gasteiger partial charge in [0.25, 0.3) is 5.91 Å². The minimum Gasteiger partial charge on any atom is -0.491 e. The minimum atomic E-state index is -0.812. The third-order valence-corrected chi connectivity index (χ3v) is 5.03. The highest BCUT2D eigenvalue weighted by atomic mass is 16.5. The quantitative estimate of drug-likeness (QED) is 0.481. The number of nitrogens with one attached hydrogen (secondary N) is 1. The predicted octanol–water partition coefficient (Wildman–Crippen LogP) is 3.81. The Morgan fingerprint density at radius 1 is 1.06 bits per heavy atom. The Morgan fingerprint density at radius 3 is 2.65 bits per heavy atom. The molecule has 1 heterocycles. The maximum Gasteiger partial charge on any atom is 0.251 e. The van der Waals surface area contributed by atoms with Crippen LogP contribution in [-0.2, 0) is 0 Å². The number of carbonyl (C=O) groups excluding carboxylic acids is 1. The van der Waals surface area contributed by atoms with Gasteiger partial charge >= 0.3 is 0 Å². The lowest BCUT2D eigenvalue weighted by Crippen LogP contribution is -2.35. The predicted molar refractivity (Wildman–Crippen MR) is 121 cm³/mol. The van der Waals surface area contributed by atoms with Crippen LogP contribution in [0.15, 0.2) is 72.8 Å². The molecule has 0 radical (unpaired) electrons. The summed E-state index contributed by atoms with van der Waals surface area (Å²) in [5.74, 6) is 1.28. The van der Waals surface area contributed by atoms with Crippen LogP contribution in [0.5, 0.6) is 5.75 Å². The molecule has 6 nitrogen and oxygen atoms in total. The molecule has 31 heavy (non-hydrogen) atoms. The Morgan fingerprint density at radius 2 is 1.87 bits per heavy atom. The van der Waals surface area contributed by atoms with Gasteiger partial charge in [-0.1, -0.05) is 30.3 Å². The first-order chi connectivity index (χ1) is 15.0. The molecule has 158 valence electrons. The maximum absolute atomic E-state index is 12.6. The Balaban J connectivity index is 1.40. The largest absolute Gasteiger partial charge is 0.491 e. The van der Waals surface area contributed by atoms with Crippen molar-refractivity contribution in [1.82, 2.24) is 14.9 Å². The van der Waals surface area contributed by atoms with E-state index in [1.54, 1.807) is 12.1 Å². The van der Waals surface area contributed by atoms with Crippen LogP contribution in [0.2, 0.25) is 0 Å². The van der Waals surface area contributed by atoms with Gasteiger partial charge in [0.2, 0.25) is 0 Å². The standard InChI is InChI=1S/C25H25N3O3/c1-17-7-6-10-22(13-17)31-16-21(29)15-26-25(30)19-11-12-24-23(14-19)27-18(2)28(24)20-8-4-3-5-9-20/h3-14,21,29H,15-16H2,1-2H3,(H,26,30). The summed E-state index contributed by atoms with van der Waals surface area (Å²) in [6, 6.07) is 23.0. The molecule has 0 aliphatic heterocycles. The second-order valence-electron chi connectivity index (χ2n) is 7.52. The molecular weight excluding hydrogens is 390 g/mol. The number of rotatable bonds is 7. The van der Waals surface area contributed by atoms with E-state index in [1.807, 2.05) is 74.5 Å². The van der Waals surface area contributed by atoms with Gasteiger partial charge in [-0.3, -0.25) is 9.36 Å². The average Bonchev–Trinajstić information content (AvgIpc) is 3.11. The molecule has 1 amide bonds. The van der Waals surface area contributed by atoms with E-state index in [4.69, 9.17) is 4.74 Å². The normalized spacial score (nSPS) is 12.0. The van der Waals surface area contributed by atoms with Gasteiger partial charge in [0.15, 0.2) is 0 Å². The molecule has 0 saturated carbocycles. The van der Waals surface area contributed by atoms with E-state index in [2.05, 4.69) is 14.9 Å². The highest BCUT2D eigenvalue weighted by molar-refractivity contribution is 5.97. The summed E-state index contributed by atoms with van der Waals surface area (Å²) in [7, 11) is 0. The second-order valence-corrected chi connectivity index (χ2v) is 7.52. The number of fused-ring (bicyclic) bond motifs is 1. The van der Waals surface area contributed by atoms with Gasteiger partial charge < -0.3 is 15.2 Å². The molecule has 0 aliphatic rings. The Hall–Kier alpha value is -3.64. The van der Waals surface area contributed by atoms with Crippen molar-refractivity contribution >= 4 is 16.9 Å². The molecule has 1 atom stereocenters. The first-order valence-corrected chi connectivity index (χ1v) is 10.2. The van der Waals surface area contributed by atoms with Gasteiger partial charge in [-0.15, -0.1) is 0 Å². The van der Waals surface area contributed by atoms with E-state index in [-0.39, 0.29) is 19.1 Å². The van der Waals surface area contributed by atoms with Crippen molar-refractivity contribution in [3.63, 3.8) is 0 Å². The molecule has 2 N–H and O–H groups in total. The highest BCUT2D eigenvalue weighted by Crippen LogP contribution is 2.22. The van der Waals surface area contributed by atoms with Gasteiger partial charge in [0, 0.05) is 17.8 Å². The van der Waals surface area contributed by atoms with Crippen molar-refractivity contribution in [2.24, 2.45) is 0 Å². The zero-order valence-electron chi connectivity index (χ0n) is 17.6. The molecule has 4 aromatic rings. The number of aryl methyl sites for hydroxylation is 2. The zero-order valence-corrected chi connectivity index (χ0v) is 17.6. The average molecular weight is 415 g/mol. The summed E-state index contributed by atoms with van der Waals surface area (Å²) in [5, 5.41) is 12.9. The Labute approximate surface area is 181 Å². The number of aliphatic hydroxyl groups is 1. The number of imidazole rings is 1. The third-order valence-electron chi connectivity index (χ3n) is 5.03. The van der Waals surface area contributed by atoms with Gasteiger partial charge in [0.1, 0.15) is 24.3 Å². The Kier molecular flexibility index (Phi) is 6.00. The first-order valence-electron chi connectivity index (χ1n) is 10.2. The van der Waals surface area contributed by atoms with Crippen molar-refractivity contribution in [2.75, 3.05) is 13.2 Å². The summed E-state index contributed by atoms with van der Waals surface area (Å²) in [6.45, 7) is 4.12. The molecular formula is C25H25N3O3. The van der Waals surface area contributed by atoms with Crippen molar-refractivity contribution in [2.45, 2.75) is 20.0 Å². The van der Waals surface area contributed by atoms with E-state index in [1.165, 1.54) is 0 Å². The van der Waals surface area contributed by atoms with Crippen molar-refractivity contribution in [1.29, 1.82) is 0 Å². The van der Waals surface area contributed by atoms with Crippen LogP contribution in [0, 0.1) is 13.8 Å². The molecule has 0 saturated heterocycles. The van der Waals surface area contributed by atoms with Crippen LogP contribution in [-0.4, -0.2) is 39.8 Å². The number of aromatic nitrogens is 2. The fraction of sp³-hybridized carbons (Fsp3) is 0.200. The molecule has 6 heteroatoms. The monoisotopic (exact) mass is 415 g/mol. The fourth-order valence-electron chi connectivity index (χ4n) is 3.51. The van der Waals surface area contributed by atoms with Gasteiger partial charge in [0.05, 0.1) is 11.0 Å². The number of hydrogen-bond donors (Lipinski definition) is 2. The molecule has 1 aromatic heterocycles. The molecule has 0 fully saturated rings. The second kappa shape index (κ2) is 9.02. The van der Waals surface area contributed by atoms with Crippen LogP contribution in [0.1, 0.15) is 21.7 Å². The van der Waals surface area contributed by atoms with E-state index < -0.39 is 6.10 Å². The van der Waals surface area contributed by atoms with Gasteiger partial charge in [-0.05, 0) is 61.9 Å². The van der Waals surface area contributed by atoms with Crippen LogP contribution in [0.25, 0.3) is 16.7 Å². The molecule has 3 aromatic carbocycles. The summed E-state index contributed by atoms with van der Waals surface area (Å²) in [5.41, 5.74) is 4.29.